The van der Waals surface area contributed by atoms with Gasteiger partial charge in [-0.2, -0.15) is 0 Å². The lowest BCUT2D eigenvalue weighted by Gasteiger charge is -2.34. The van der Waals surface area contributed by atoms with Crippen molar-refractivity contribution in [2.75, 3.05) is 6.61 Å². The lowest BCUT2D eigenvalue weighted by Crippen LogP contribution is -2.38. The van der Waals surface area contributed by atoms with E-state index in [-0.39, 0.29) is 23.8 Å². The molecule has 0 bridgehead atoms. The summed E-state index contributed by atoms with van der Waals surface area (Å²) in [4.78, 5) is 30.3. The highest BCUT2D eigenvalue weighted by molar-refractivity contribution is 6.08. The molecule has 1 aliphatic heterocycles. The van der Waals surface area contributed by atoms with Crippen molar-refractivity contribution in [2.24, 2.45) is 10.9 Å². The largest absolute Gasteiger partial charge is 0.494 e. The predicted molar refractivity (Wildman–Crippen MR) is 104 cm³/mol. The van der Waals surface area contributed by atoms with Gasteiger partial charge in [0.1, 0.15) is 11.7 Å². The lowest BCUT2D eigenvalue weighted by atomic mass is 9.72. The molecule has 1 heterocycles. The Kier molecular flexibility index (Phi) is 5.78. The Morgan fingerprint density at radius 2 is 1.93 bits per heavy atom. The number of benzene rings is 1. The van der Waals surface area contributed by atoms with Gasteiger partial charge in [0.2, 0.25) is 0 Å². The van der Waals surface area contributed by atoms with Crippen LogP contribution in [0.25, 0.3) is 0 Å². The maximum atomic E-state index is 12.9. The van der Waals surface area contributed by atoms with Crippen LogP contribution in [-0.4, -0.2) is 30.2 Å². The summed E-state index contributed by atoms with van der Waals surface area (Å²) in [6.07, 6.45) is 1.87. The zero-order valence-corrected chi connectivity index (χ0v) is 16.5. The summed E-state index contributed by atoms with van der Waals surface area (Å²) in [6, 6.07) is 7.66. The van der Waals surface area contributed by atoms with Crippen molar-refractivity contribution >= 4 is 17.5 Å². The minimum absolute atomic E-state index is 0.0914. The van der Waals surface area contributed by atoms with Gasteiger partial charge in [0, 0.05) is 29.3 Å². The van der Waals surface area contributed by atoms with E-state index in [4.69, 9.17) is 9.47 Å². The minimum Gasteiger partial charge on any atom is -0.494 e. The lowest BCUT2D eigenvalue weighted by molar-refractivity contribution is -0.150. The van der Waals surface area contributed by atoms with E-state index < -0.39 is 5.92 Å². The van der Waals surface area contributed by atoms with Crippen molar-refractivity contribution in [2.45, 2.75) is 59.0 Å². The van der Waals surface area contributed by atoms with E-state index in [2.05, 4.69) is 4.99 Å². The van der Waals surface area contributed by atoms with E-state index in [0.717, 1.165) is 29.9 Å². The Morgan fingerprint density at radius 1 is 1.22 bits per heavy atom. The third-order valence-electron chi connectivity index (χ3n) is 4.99. The maximum Gasteiger partial charge on any atom is 0.315 e. The number of hydrogen-bond acceptors (Lipinski definition) is 5. The Balaban J connectivity index is 2.07. The van der Waals surface area contributed by atoms with E-state index in [1.54, 1.807) is 0 Å². The molecule has 0 amide bonds. The van der Waals surface area contributed by atoms with Crippen LogP contribution in [0.15, 0.2) is 40.5 Å². The number of hydrogen-bond donors (Lipinski definition) is 0. The third kappa shape index (κ3) is 3.97. The number of aliphatic imine (C=N–C) groups is 1. The molecule has 1 aromatic rings. The third-order valence-corrected chi connectivity index (χ3v) is 4.99. The van der Waals surface area contributed by atoms with Gasteiger partial charge < -0.3 is 9.47 Å². The molecule has 1 aliphatic carbocycles. The molecular weight excluding hydrogens is 342 g/mol. The molecule has 0 N–H and O–H groups in total. The summed E-state index contributed by atoms with van der Waals surface area (Å²) >= 11 is 0. The second-order valence-corrected chi connectivity index (χ2v) is 7.33. The second-order valence-electron chi connectivity index (χ2n) is 7.33. The number of rotatable bonds is 5. The molecule has 144 valence electrons. The number of carbonyl (C=O) groups is 2. The summed E-state index contributed by atoms with van der Waals surface area (Å²) < 4.78 is 11.0. The van der Waals surface area contributed by atoms with Crippen molar-refractivity contribution in [3.8, 4) is 5.75 Å². The van der Waals surface area contributed by atoms with Gasteiger partial charge in [0.05, 0.1) is 12.7 Å². The van der Waals surface area contributed by atoms with E-state index >= 15 is 0 Å². The fourth-order valence-electron chi connectivity index (χ4n) is 3.92. The number of allylic oxidation sites excluding steroid dienone is 2. The molecule has 0 unspecified atom stereocenters. The zero-order valence-electron chi connectivity index (χ0n) is 16.5. The van der Waals surface area contributed by atoms with Gasteiger partial charge in [0.15, 0.2) is 5.78 Å². The molecular formula is C22H27NO4. The molecule has 3 rings (SSSR count). The number of esters is 1. The average molecular weight is 369 g/mol. The van der Waals surface area contributed by atoms with Gasteiger partial charge in [-0.3, -0.25) is 14.6 Å². The molecule has 2 atom stereocenters. The highest BCUT2D eigenvalue weighted by Gasteiger charge is 2.43. The SMILES string of the molecule is CCOc1ccc([C@H]2C3=C(CCCC3=O)N=C(C)[C@@H]2C(=O)OC(C)C)cc1. The molecule has 0 fully saturated rings. The normalized spacial score (nSPS) is 22.4. The Labute approximate surface area is 160 Å². The fourth-order valence-corrected chi connectivity index (χ4v) is 3.92. The Morgan fingerprint density at radius 3 is 2.56 bits per heavy atom. The number of ether oxygens (including phenoxy) is 2. The van der Waals surface area contributed by atoms with Crippen LogP contribution in [0.3, 0.4) is 0 Å². The standard InChI is InChI=1S/C22H27NO4/c1-5-26-16-11-9-15(10-12-16)20-19(22(25)27-13(2)3)14(4)23-17-7-6-8-18(24)21(17)20/h9-13,19-20H,5-8H2,1-4H3/t19-,20+/m0/s1. The van der Waals surface area contributed by atoms with Crippen molar-refractivity contribution in [3.05, 3.63) is 41.1 Å². The summed E-state index contributed by atoms with van der Waals surface area (Å²) in [5.41, 5.74) is 3.15. The summed E-state index contributed by atoms with van der Waals surface area (Å²) in [7, 11) is 0. The van der Waals surface area contributed by atoms with E-state index in [0.29, 0.717) is 24.3 Å². The molecule has 27 heavy (non-hydrogen) atoms. The van der Waals surface area contributed by atoms with Gasteiger partial charge >= 0.3 is 5.97 Å². The molecule has 2 aliphatic rings. The van der Waals surface area contributed by atoms with Crippen LogP contribution in [0.5, 0.6) is 5.75 Å². The van der Waals surface area contributed by atoms with E-state index in [9.17, 15) is 9.59 Å². The molecule has 0 saturated carbocycles. The number of carbonyl (C=O) groups excluding carboxylic acids is 2. The zero-order chi connectivity index (χ0) is 19.6. The smallest absolute Gasteiger partial charge is 0.315 e. The molecule has 0 saturated heterocycles. The van der Waals surface area contributed by atoms with Crippen LogP contribution in [0.1, 0.15) is 58.4 Å². The predicted octanol–water partition coefficient (Wildman–Crippen LogP) is 4.22. The van der Waals surface area contributed by atoms with Gasteiger partial charge in [-0.25, -0.2) is 0 Å². The minimum atomic E-state index is -0.578. The highest BCUT2D eigenvalue weighted by atomic mass is 16.5. The topological polar surface area (TPSA) is 65.0 Å². The van der Waals surface area contributed by atoms with Crippen LogP contribution >= 0.6 is 0 Å². The highest BCUT2D eigenvalue weighted by Crippen LogP contribution is 2.43. The van der Waals surface area contributed by atoms with Gasteiger partial charge in [-0.05, 0) is 58.2 Å². The maximum absolute atomic E-state index is 12.9. The summed E-state index contributed by atoms with van der Waals surface area (Å²) in [5.74, 6) is -0.393. The van der Waals surface area contributed by atoms with E-state index in [1.807, 2.05) is 52.0 Å². The van der Waals surface area contributed by atoms with E-state index in [1.165, 1.54) is 0 Å². The molecule has 0 radical (unpaired) electrons. The summed E-state index contributed by atoms with van der Waals surface area (Å²) in [6.45, 7) is 8.04. The van der Waals surface area contributed by atoms with Gasteiger partial charge in [-0.15, -0.1) is 0 Å². The van der Waals surface area contributed by atoms with Crippen LogP contribution < -0.4 is 4.74 Å². The first-order valence-corrected chi connectivity index (χ1v) is 9.67. The first-order valence-electron chi connectivity index (χ1n) is 9.67. The van der Waals surface area contributed by atoms with Gasteiger partial charge in [0.25, 0.3) is 0 Å². The number of Topliss-reactive ketones (excluding diaryl/α,β-unsaturated/α-hetero) is 1. The quantitative estimate of drug-likeness (QED) is 0.729. The van der Waals surface area contributed by atoms with Crippen molar-refractivity contribution in [1.29, 1.82) is 0 Å². The van der Waals surface area contributed by atoms with Crippen molar-refractivity contribution in [3.63, 3.8) is 0 Å². The van der Waals surface area contributed by atoms with Crippen LogP contribution in [-0.2, 0) is 14.3 Å². The van der Waals surface area contributed by atoms with Gasteiger partial charge in [-0.1, -0.05) is 12.1 Å². The first-order chi connectivity index (χ1) is 12.9. The molecule has 0 aromatic heterocycles. The van der Waals surface area contributed by atoms with Crippen molar-refractivity contribution < 1.29 is 19.1 Å². The molecule has 1 aromatic carbocycles. The molecule has 0 spiro atoms. The second kappa shape index (κ2) is 8.07. The monoisotopic (exact) mass is 369 g/mol. The van der Waals surface area contributed by atoms with Crippen LogP contribution in [0.4, 0.5) is 0 Å². The fraction of sp³-hybridized carbons (Fsp3) is 0.500. The van der Waals surface area contributed by atoms with Crippen LogP contribution in [0.2, 0.25) is 0 Å². The summed E-state index contributed by atoms with van der Waals surface area (Å²) in [5, 5.41) is 0. The number of nitrogens with zero attached hydrogens (tertiary/aromatic N) is 1. The Bertz CT molecular complexity index is 789. The Hall–Kier alpha value is -2.43. The molecule has 5 nitrogen and oxygen atoms in total. The first kappa shape index (κ1) is 19.3. The van der Waals surface area contributed by atoms with Crippen molar-refractivity contribution in [1.82, 2.24) is 0 Å². The van der Waals surface area contributed by atoms with Crippen LogP contribution in [0, 0.1) is 5.92 Å². The number of ketones is 1. The average Bonchev–Trinajstić information content (AvgIpc) is 2.61. The molecule has 5 heteroatoms.